The standard InChI is InChI=1S/C11H17FN4O2/c1-3-13-11-15-7-8(12)10(16-11)14-6-5-9(17)18-4-2/h7H,3-6H2,1-2H3,(H2,13,14,15,16). The van der Waals surface area contributed by atoms with Crippen LogP contribution in [0, 0.1) is 5.82 Å². The van der Waals surface area contributed by atoms with E-state index in [1.54, 1.807) is 6.92 Å². The van der Waals surface area contributed by atoms with Crippen molar-refractivity contribution in [1.82, 2.24) is 9.97 Å². The first-order valence-corrected chi connectivity index (χ1v) is 5.83. The normalized spacial score (nSPS) is 9.94. The lowest BCUT2D eigenvalue weighted by Gasteiger charge is -2.08. The average molecular weight is 256 g/mol. The monoisotopic (exact) mass is 256 g/mol. The zero-order chi connectivity index (χ0) is 13.4. The molecule has 0 radical (unpaired) electrons. The van der Waals surface area contributed by atoms with Crippen molar-refractivity contribution in [3.63, 3.8) is 0 Å². The van der Waals surface area contributed by atoms with Gasteiger partial charge in [-0.3, -0.25) is 4.79 Å². The van der Waals surface area contributed by atoms with Crippen molar-refractivity contribution in [2.45, 2.75) is 20.3 Å². The van der Waals surface area contributed by atoms with Crippen LogP contribution in [-0.2, 0) is 9.53 Å². The van der Waals surface area contributed by atoms with Crippen LogP contribution in [-0.4, -0.2) is 35.6 Å². The summed E-state index contributed by atoms with van der Waals surface area (Å²) in [5.41, 5.74) is 0. The number of hydrogen-bond acceptors (Lipinski definition) is 6. The maximum absolute atomic E-state index is 13.4. The van der Waals surface area contributed by atoms with Gasteiger partial charge in [0, 0.05) is 13.1 Å². The van der Waals surface area contributed by atoms with E-state index in [0.717, 1.165) is 6.20 Å². The molecule has 0 spiro atoms. The molecule has 1 aromatic rings. The number of hydrogen-bond donors (Lipinski definition) is 2. The molecule has 0 saturated heterocycles. The maximum Gasteiger partial charge on any atom is 0.307 e. The highest BCUT2D eigenvalue weighted by Crippen LogP contribution is 2.11. The first-order valence-electron chi connectivity index (χ1n) is 5.83. The van der Waals surface area contributed by atoms with Crippen molar-refractivity contribution >= 4 is 17.7 Å². The molecule has 1 rings (SSSR count). The van der Waals surface area contributed by atoms with Gasteiger partial charge >= 0.3 is 5.97 Å². The van der Waals surface area contributed by atoms with Gasteiger partial charge in [-0.25, -0.2) is 9.37 Å². The molecule has 0 saturated carbocycles. The van der Waals surface area contributed by atoms with Gasteiger partial charge in [-0.1, -0.05) is 0 Å². The second-order valence-corrected chi connectivity index (χ2v) is 3.40. The van der Waals surface area contributed by atoms with E-state index in [1.807, 2.05) is 6.92 Å². The van der Waals surface area contributed by atoms with Crippen molar-refractivity contribution in [3.8, 4) is 0 Å². The molecule has 0 fully saturated rings. The Morgan fingerprint density at radius 2 is 2.22 bits per heavy atom. The molecule has 7 heteroatoms. The summed E-state index contributed by atoms with van der Waals surface area (Å²) in [6.45, 7) is 4.87. The van der Waals surface area contributed by atoms with Crippen molar-refractivity contribution in [2.75, 3.05) is 30.3 Å². The van der Waals surface area contributed by atoms with Gasteiger partial charge < -0.3 is 15.4 Å². The highest BCUT2D eigenvalue weighted by Gasteiger charge is 2.07. The van der Waals surface area contributed by atoms with E-state index >= 15 is 0 Å². The van der Waals surface area contributed by atoms with Gasteiger partial charge in [-0.05, 0) is 13.8 Å². The molecule has 0 aliphatic carbocycles. The van der Waals surface area contributed by atoms with E-state index in [9.17, 15) is 9.18 Å². The molecule has 100 valence electrons. The average Bonchev–Trinajstić information content (AvgIpc) is 2.34. The Bertz CT molecular complexity index is 401. The van der Waals surface area contributed by atoms with E-state index in [2.05, 4.69) is 20.6 Å². The first kappa shape index (κ1) is 14.1. The minimum absolute atomic E-state index is 0.0743. The number of carbonyl (C=O) groups excluding carboxylic acids is 1. The largest absolute Gasteiger partial charge is 0.466 e. The fourth-order valence-corrected chi connectivity index (χ4v) is 1.25. The Morgan fingerprint density at radius 1 is 1.44 bits per heavy atom. The zero-order valence-corrected chi connectivity index (χ0v) is 10.5. The molecule has 0 amide bonds. The zero-order valence-electron chi connectivity index (χ0n) is 10.5. The number of carbonyl (C=O) groups is 1. The summed E-state index contributed by atoms with van der Waals surface area (Å²) in [7, 11) is 0. The van der Waals surface area contributed by atoms with Crippen LogP contribution in [0.25, 0.3) is 0 Å². The van der Waals surface area contributed by atoms with Gasteiger partial charge in [-0.15, -0.1) is 0 Å². The Kier molecular flexibility index (Phi) is 5.83. The predicted molar refractivity (Wildman–Crippen MR) is 65.9 cm³/mol. The molecular weight excluding hydrogens is 239 g/mol. The topological polar surface area (TPSA) is 76.1 Å². The van der Waals surface area contributed by atoms with E-state index in [-0.39, 0.29) is 24.8 Å². The van der Waals surface area contributed by atoms with Gasteiger partial charge in [0.25, 0.3) is 0 Å². The second-order valence-electron chi connectivity index (χ2n) is 3.40. The van der Waals surface area contributed by atoms with E-state index in [1.165, 1.54) is 0 Å². The molecule has 1 heterocycles. The number of halogens is 1. The summed E-state index contributed by atoms with van der Waals surface area (Å²) in [6, 6.07) is 0. The number of nitrogens with one attached hydrogen (secondary N) is 2. The summed E-state index contributed by atoms with van der Waals surface area (Å²) in [6.07, 6.45) is 1.24. The van der Waals surface area contributed by atoms with Gasteiger partial charge in [0.15, 0.2) is 11.6 Å². The summed E-state index contributed by atoms with van der Waals surface area (Å²) in [5.74, 6) is -0.463. The lowest BCUT2D eigenvalue weighted by Crippen LogP contribution is -2.14. The molecule has 0 bridgehead atoms. The van der Waals surface area contributed by atoms with Gasteiger partial charge in [-0.2, -0.15) is 4.98 Å². The van der Waals surface area contributed by atoms with E-state index in [4.69, 9.17) is 4.74 Å². The molecule has 0 aliphatic rings. The number of ether oxygens (including phenoxy) is 1. The quantitative estimate of drug-likeness (QED) is 0.718. The molecule has 18 heavy (non-hydrogen) atoms. The van der Waals surface area contributed by atoms with Gasteiger partial charge in [0.2, 0.25) is 5.95 Å². The number of nitrogens with zero attached hydrogens (tertiary/aromatic N) is 2. The van der Waals surface area contributed by atoms with Crippen LogP contribution in [0.1, 0.15) is 20.3 Å². The molecule has 0 atom stereocenters. The third-order valence-corrected chi connectivity index (χ3v) is 2.01. The molecular formula is C11H17FN4O2. The number of esters is 1. The molecule has 0 aromatic carbocycles. The fraction of sp³-hybridized carbons (Fsp3) is 0.545. The highest BCUT2D eigenvalue weighted by molar-refractivity contribution is 5.69. The number of rotatable bonds is 7. The molecule has 2 N–H and O–H groups in total. The van der Waals surface area contributed by atoms with Crippen LogP contribution in [0.4, 0.5) is 16.2 Å². The molecule has 0 aliphatic heterocycles. The third-order valence-electron chi connectivity index (χ3n) is 2.01. The van der Waals surface area contributed by atoms with Crippen molar-refractivity contribution in [1.29, 1.82) is 0 Å². The van der Waals surface area contributed by atoms with Crippen LogP contribution in [0.15, 0.2) is 6.20 Å². The smallest absolute Gasteiger partial charge is 0.307 e. The first-order chi connectivity index (χ1) is 8.67. The highest BCUT2D eigenvalue weighted by atomic mass is 19.1. The van der Waals surface area contributed by atoms with E-state index < -0.39 is 5.82 Å². The van der Waals surface area contributed by atoms with Crippen LogP contribution < -0.4 is 10.6 Å². The summed E-state index contributed by atoms with van der Waals surface area (Å²) >= 11 is 0. The molecule has 1 aromatic heterocycles. The van der Waals surface area contributed by atoms with Crippen LogP contribution in [0.2, 0.25) is 0 Å². The van der Waals surface area contributed by atoms with Crippen LogP contribution >= 0.6 is 0 Å². The maximum atomic E-state index is 13.4. The Balaban J connectivity index is 2.50. The summed E-state index contributed by atoms with van der Waals surface area (Å²) in [5, 5.41) is 5.61. The second kappa shape index (κ2) is 7.41. The fourth-order valence-electron chi connectivity index (χ4n) is 1.25. The Morgan fingerprint density at radius 3 is 2.89 bits per heavy atom. The number of anilines is 2. The van der Waals surface area contributed by atoms with Crippen LogP contribution in [0.5, 0.6) is 0 Å². The Labute approximate surface area is 105 Å². The summed E-state index contributed by atoms with van der Waals surface area (Å²) < 4.78 is 18.1. The minimum Gasteiger partial charge on any atom is -0.466 e. The van der Waals surface area contributed by atoms with Crippen molar-refractivity contribution < 1.29 is 13.9 Å². The third kappa shape index (κ3) is 4.52. The van der Waals surface area contributed by atoms with E-state index in [0.29, 0.717) is 19.1 Å². The minimum atomic E-state index is -0.555. The summed E-state index contributed by atoms with van der Waals surface area (Å²) in [4.78, 5) is 18.8. The van der Waals surface area contributed by atoms with Crippen molar-refractivity contribution in [3.05, 3.63) is 12.0 Å². The van der Waals surface area contributed by atoms with Gasteiger partial charge in [0.1, 0.15) is 0 Å². The molecule has 6 nitrogen and oxygen atoms in total. The van der Waals surface area contributed by atoms with Crippen molar-refractivity contribution in [2.24, 2.45) is 0 Å². The molecule has 0 unspecified atom stereocenters. The predicted octanol–water partition coefficient (Wildman–Crippen LogP) is 1.41. The Hall–Kier alpha value is -1.92. The lowest BCUT2D eigenvalue weighted by atomic mass is 10.4. The van der Waals surface area contributed by atoms with Gasteiger partial charge in [0.05, 0.1) is 19.2 Å². The lowest BCUT2D eigenvalue weighted by molar-refractivity contribution is -0.142. The van der Waals surface area contributed by atoms with Crippen LogP contribution in [0.3, 0.4) is 0 Å². The number of aromatic nitrogens is 2. The SMILES string of the molecule is CCNc1ncc(F)c(NCCC(=O)OCC)n1.